The van der Waals surface area contributed by atoms with Crippen LogP contribution in [0, 0.1) is 6.92 Å². The van der Waals surface area contributed by atoms with E-state index in [0.29, 0.717) is 12.5 Å². The van der Waals surface area contributed by atoms with Crippen molar-refractivity contribution >= 4 is 27.3 Å². The predicted molar refractivity (Wildman–Crippen MR) is 82.1 cm³/mol. The van der Waals surface area contributed by atoms with Crippen molar-refractivity contribution in [1.29, 1.82) is 0 Å². The maximum Gasteiger partial charge on any atom is 0.0976 e. The second kappa shape index (κ2) is 5.95. The maximum absolute atomic E-state index is 5.78. The van der Waals surface area contributed by atoms with Gasteiger partial charge in [0.05, 0.1) is 10.7 Å². The molecule has 1 unspecified atom stereocenters. The number of aromatic nitrogens is 1. The molecule has 0 aliphatic carbocycles. The zero-order valence-corrected chi connectivity index (χ0v) is 13.0. The van der Waals surface area contributed by atoms with Crippen molar-refractivity contribution in [1.82, 2.24) is 4.98 Å². The quantitative estimate of drug-likeness (QED) is 0.908. The Morgan fingerprint density at radius 1 is 1.44 bits per heavy atom. The van der Waals surface area contributed by atoms with E-state index < -0.39 is 0 Å². The Hall–Kier alpha value is -0.710. The van der Waals surface area contributed by atoms with Gasteiger partial charge in [0.2, 0.25) is 0 Å². The number of hydrogen-bond donors (Lipinski definition) is 1. The van der Waals surface area contributed by atoms with Crippen molar-refractivity contribution in [2.24, 2.45) is 5.73 Å². The normalized spacial score (nSPS) is 12.7. The smallest absolute Gasteiger partial charge is 0.0976 e. The molecule has 0 aliphatic heterocycles. The third kappa shape index (κ3) is 2.82. The van der Waals surface area contributed by atoms with E-state index in [4.69, 9.17) is 10.7 Å². The first kappa shape index (κ1) is 13.7. The van der Waals surface area contributed by atoms with Crippen molar-refractivity contribution in [3.63, 3.8) is 0 Å². The van der Waals surface area contributed by atoms with E-state index >= 15 is 0 Å². The fourth-order valence-corrected chi connectivity index (χ4v) is 3.29. The van der Waals surface area contributed by atoms with Crippen LogP contribution in [-0.4, -0.2) is 11.5 Å². The van der Waals surface area contributed by atoms with Crippen LogP contribution in [0.1, 0.15) is 29.8 Å². The Kier molecular flexibility index (Phi) is 4.54. The molecular formula is C14H17BrN2S. The molecule has 0 radical (unpaired) electrons. The number of nitrogens with zero attached hydrogens (tertiary/aromatic N) is 1. The summed E-state index contributed by atoms with van der Waals surface area (Å²) in [5, 5.41) is 3.27. The van der Waals surface area contributed by atoms with Gasteiger partial charge in [-0.1, -0.05) is 28.9 Å². The molecule has 2 aromatic rings. The van der Waals surface area contributed by atoms with Crippen LogP contribution in [0.5, 0.6) is 0 Å². The van der Waals surface area contributed by atoms with E-state index in [9.17, 15) is 0 Å². The fraction of sp³-hybridized carbons (Fsp3) is 0.357. The first-order chi connectivity index (χ1) is 8.65. The van der Waals surface area contributed by atoms with Crippen LogP contribution in [0.2, 0.25) is 0 Å². The van der Waals surface area contributed by atoms with Gasteiger partial charge in [0.15, 0.2) is 0 Å². The summed E-state index contributed by atoms with van der Waals surface area (Å²) in [6, 6.07) is 6.29. The molecule has 0 saturated heterocycles. The monoisotopic (exact) mass is 324 g/mol. The first-order valence-electron chi connectivity index (χ1n) is 6.07. The molecule has 0 fully saturated rings. The van der Waals surface area contributed by atoms with Gasteiger partial charge in [0, 0.05) is 27.9 Å². The molecule has 4 heteroatoms. The Morgan fingerprint density at radius 3 is 2.89 bits per heavy atom. The molecule has 1 aromatic heterocycles. The average molecular weight is 325 g/mol. The van der Waals surface area contributed by atoms with Gasteiger partial charge < -0.3 is 5.73 Å². The van der Waals surface area contributed by atoms with Gasteiger partial charge in [-0.3, -0.25) is 0 Å². The van der Waals surface area contributed by atoms with Crippen LogP contribution < -0.4 is 5.73 Å². The minimum atomic E-state index is 0.385. The van der Waals surface area contributed by atoms with Crippen molar-refractivity contribution in [3.05, 3.63) is 38.6 Å². The summed E-state index contributed by atoms with van der Waals surface area (Å²) in [7, 11) is 0. The highest BCUT2D eigenvalue weighted by molar-refractivity contribution is 9.10. The molecule has 96 valence electrons. The third-order valence-electron chi connectivity index (χ3n) is 3.12. The van der Waals surface area contributed by atoms with Crippen molar-refractivity contribution < 1.29 is 0 Å². The zero-order valence-electron chi connectivity index (χ0n) is 10.6. The molecule has 2 N–H and O–H groups in total. The summed E-state index contributed by atoms with van der Waals surface area (Å²) in [5.41, 5.74) is 9.27. The molecule has 1 atom stereocenters. The molecule has 0 aliphatic rings. The topological polar surface area (TPSA) is 38.9 Å². The Balaban J connectivity index is 2.37. The summed E-state index contributed by atoms with van der Waals surface area (Å²) in [5.74, 6) is 0.385. The van der Waals surface area contributed by atoms with Crippen molar-refractivity contribution in [2.45, 2.75) is 26.2 Å². The van der Waals surface area contributed by atoms with Gasteiger partial charge in [-0.2, -0.15) is 0 Å². The van der Waals surface area contributed by atoms with E-state index in [1.165, 1.54) is 11.1 Å². The SMILES string of the molecule is CCC(CN)c1nc(-c2cc(Br)ccc2C)cs1. The molecule has 1 aromatic carbocycles. The number of nitrogens with two attached hydrogens (primary N) is 1. The molecule has 0 amide bonds. The van der Waals surface area contributed by atoms with Gasteiger partial charge in [-0.15, -0.1) is 11.3 Å². The highest BCUT2D eigenvalue weighted by atomic mass is 79.9. The van der Waals surface area contributed by atoms with Crippen LogP contribution in [0.15, 0.2) is 28.1 Å². The largest absolute Gasteiger partial charge is 0.330 e. The van der Waals surface area contributed by atoms with Crippen LogP contribution in [-0.2, 0) is 0 Å². The predicted octanol–water partition coefficient (Wildman–Crippen LogP) is 4.33. The molecule has 0 bridgehead atoms. The van der Waals surface area contributed by atoms with E-state index in [-0.39, 0.29) is 0 Å². The van der Waals surface area contributed by atoms with Gasteiger partial charge in [-0.25, -0.2) is 4.98 Å². The summed E-state index contributed by atoms with van der Waals surface area (Å²) in [4.78, 5) is 4.74. The van der Waals surface area contributed by atoms with Crippen molar-refractivity contribution in [2.75, 3.05) is 6.54 Å². The fourth-order valence-electron chi connectivity index (χ4n) is 1.91. The molecule has 2 nitrogen and oxygen atoms in total. The van der Waals surface area contributed by atoms with E-state index in [1.807, 2.05) is 0 Å². The second-order valence-electron chi connectivity index (χ2n) is 4.37. The molecule has 0 spiro atoms. The number of benzene rings is 1. The summed E-state index contributed by atoms with van der Waals surface area (Å²) < 4.78 is 1.09. The second-order valence-corrected chi connectivity index (χ2v) is 6.18. The lowest BCUT2D eigenvalue weighted by molar-refractivity contribution is 0.670. The minimum absolute atomic E-state index is 0.385. The number of aryl methyl sites for hydroxylation is 1. The number of rotatable bonds is 4. The number of thiazole rings is 1. The summed E-state index contributed by atoms with van der Waals surface area (Å²) in [6.07, 6.45) is 1.04. The standard InChI is InChI=1S/C14H17BrN2S/c1-3-10(7-16)14-17-13(8-18-14)12-6-11(15)5-4-9(12)2/h4-6,8,10H,3,7,16H2,1-2H3. The first-order valence-corrected chi connectivity index (χ1v) is 7.75. The van der Waals surface area contributed by atoms with Gasteiger partial charge >= 0.3 is 0 Å². The Morgan fingerprint density at radius 2 is 2.22 bits per heavy atom. The lowest BCUT2D eigenvalue weighted by atomic mass is 10.1. The van der Waals surface area contributed by atoms with Gasteiger partial charge in [0.1, 0.15) is 0 Å². The lowest BCUT2D eigenvalue weighted by Gasteiger charge is -2.07. The van der Waals surface area contributed by atoms with Gasteiger partial charge in [0.25, 0.3) is 0 Å². The van der Waals surface area contributed by atoms with Crippen LogP contribution in [0.3, 0.4) is 0 Å². The molecule has 18 heavy (non-hydrogen) atoms. The Labute approximate surface area is 120 Å². The highest BCUT2D eigenvalue weighted by Crippen LogP contribution is 2.31. The van der Waals surface area contributed by atoms with E-state index in [2.05, 4.69) is 53.4 Å². The molecule has 1 heterocycles. The van der Waals surface area contributed by atoms with E-state index in [0.717, 1.165) is 21.6 Å². The number of halogens is 1. The average Bonchev–Trinajstić information content (AvgIpc) is 2.83. The van der Waals surface area contributed by atoms with Crippen LogP contribution >= 0.6 is 27.3 Å². The maximum atomic E-state index is 5.78. The van der Waals surface area contributed by atoms with Crippen LogP contribution in [0.4, 0.5) is 0 Å². The minimum Gasteiger partial charge on any atom is -0.330 e. The Bertz CT molecular complexity index is 532. The van der Waals surface area contributed by atoms with E-state index in [1.54, 1.807) is 11.3 Å². The third-order valence-corrected chi connectivity index (χ3v) is 4.62. The summed E-state index contributed by atoms with van der Waals surface area (Å²) in [6.45, 7) is 4.94. The lowest BCUT2D eigenvalue weighted by Crippen LogP contribution is -2.11. The van der Waals surface area contributed by atoms with Gasteiger partial charge in [-0.05, 0) is 31.0 Å². The molecule has 2 rings (SSSR count). The zero-order chi connectivity index (χ0) is 13.1. The van der Waals surface area contributed by atoms with Crippen molar-refractivity contribution in [3.8, 4) is 11.3 Å². The highest BCUT2D eigenvalue weighted by Gasteiger charge is 2.13. The van der Waals surface area contributed by atoms with Crippen LogP contribution in [0.25, 0.3) is 11.3 Å². The number of hydrogen-bond acceptors (Lipinski definition) is 3. The molecule has 0 saturated carbocycles. The molecular weight excluding hydrogens is 308 g/mol. The summed E-state index contributed by atoms with van der Waals surface area (Å²) >= 11 is 5.22.